The molecule has 12 rings (SSSR count). The van der Waals surface area contributed by atoms with Gasteiger partial charge in [-0.25, -0.2) is 0 Å². The van der Waals surface area contributed by atoms with Gasteiger partial charge in [0.25, 0.3) is 0 Å². The molecule has 0 fully saturated rings. The van der Waals surface area contributed by atoms with E-state index in [0.717, 1.165) is 45.1 Å². The van der Waals surface area contributed by atoms with Gasteiger partial charge < -0.3 is 14.4 Å². The Bertz CT molecular complexity index is 3030. The lowest BCUT2D eigenvalue weighted by Crippen LogP contribution is -2.25. The predicted octanol–water partition coefficient (Wildman–Crippen LogP) is 14.7. The van der Waals surface area contributed by atoms with Gasteiger partial charge >= 0.3 is 0 Å². The molecule has 58 heavy (non-hydrogen) atoms. The van der Waals surface area contributed by atoms with E-state index in [0.29, 0.717) is 17.2 Å². The number of anilines is 3. The van der Waals surface area contributed by atoms with Gasteiger partial charge in [-0.05, 0) is 98.1 Å². The molecule has 0 atom stereocenters. The number of para-hydroxylation sites is 3. The van der Waals surface area contributed by atoms with E-state index >= 15 is 0 Å². The second-order valence-electron chi connectivity index (χ2n) is 15.1. The van der Waals surface area contributed by atoms with E-state index in [2.05, 4.69) is 211 Å². The molecule has 9 aromatic rings. The van der Waals surface area contributed by atoms with E-state index < -0.39 is 5.41 Å². The van der Waals surface area contributed by atoms with E-state index in [9.17, 15) is 0 Å². The van der Waals surface area contributed by atoms with Crippen LogP contribution in [0.15, 0.2) is 212 Å². The maximum Gasteiger partial charge on any atom is 0.194 e. The number of rotatable bonds is 5. The van der Waals surface area contributed by atoms with Crippen molar-refractivity contribution in [2.24, 2.45) is 0 Å². The molecule has 0 unspecified atom stereocenters. The van der Waals surface area contributed by atoms with Crippen molar-refractivity contribution in [3.8, 4) is 67.5 Å². The van der Waals surface area contributed by atoms with Crippen molar-refractivity contribution >= 4 is 17.1 Å². The van der Waals surface area contributed by atoms with Gasteiger partial charge in [-0.15, -0.1) is 0 Å². The summed E-state index contributed by atoms with van der Waals surface area (Å²) in [7, 11) is 0. The molecule has 272 valence electrons. The summed E-state index contributed by atoms with van der Waals surface area (Å²) in [5.41, 5.74) is 16.9. The fraction of sp³-hybridized carbons (Fsp3) is 0.0182. The largest absolute Gasteiger partial charge is 0.449 e. The Kier molecular flexibility index (Phi) is 7.14. The van der Waals surface area contributed by atoms with Crippen LogP contribution in [0, 0.1) is 0 Å². The summed E-state index contributed by atoms with van der Waals surface area (Å²) in [6, 6.07) is 75.7. The molecule has 1 aliphatic heterocycles. The minimum Gasteiger partial charge on any atom is -0.449 e. The number of benzene rings is 9. The molecule has 1 heterocycles. The molecule has 0 saturated carbocycles. The Hall–Kier alpha value is -7.62. The third-order valence-electron chi connectivity index (χ3n) is 12.1. The maximum absolute atomic E-state index is 7.37. The normalized spacial score (nSPS) is 13.2. The molecule has 0 aromatic heterocycles. The predicted molar refractivity (Wildman–Crippen MR) is 235 cm³/mol. The Morgan fingerprint density at radius 1 is 0.328 bits per heavy atom. The maximum atomic E-state index is 7.37. The molecule has 9 aromatic carbocycles. The first-order valence-corrected chi connectivity index (χ1v) is 19.8. The standard InChI is InChI=1S/C55H35NO2/c1-3-17-36(18-4-1)37-19-15-20-38(35-37)40-23-10-14-30-48(40)56(39-21-5-2-6-22-39)49-31-16-32-50-53(49)58-54-51(57-50)34-33-47-52(54)43-26-9-13-29-46(43)55(47)44-27-11-7-24-41(44)42-25-8-12-28-45(42)55/h1-35H. The van der Waals surface area contributed by atoms with Crippen LogP contribution in [-0.2, 0) is 5.41 Å². The molecule has 0 N–H and O–H groups in total. The first-order chi connectivity index (χ1) is 28.8. The van der Waals surface area contributed by atoms with Gasteiger partial charge in [0.1, 0.15) is 0 Å². The summed E-state index contributed by atoms with van der Waals surface area (Å²) in [4.78, 5) is 2.31. The lowest BCUT2D eigenvalue weighted by Gasteiger charge is -2.33. The molecule has 0 radical (unpaired) electrons. The molecule has 3 aliphatic rings. The SMILES string of the molecule is c1ccc(-c2cccc(-c3ccccc3N(c3ccccc3)c3cccc4c3Oc3c(ccc5c3-c3ccccc3C53c5ccccc5-c5ccccc53)O4)c2)cc1. The van der Waals surface area contributed by atoms with E-state index in [1.165, 1.54) is 44.5 Å². The summed E-state index contributed by atoms with van der Waals surface area (Å²) in [6.07, 6.45) is 0. The summed E-state index contributed by atoms with van der Waals surface area (Å²) in [5, 5.41) is 0. The zero-order valence-electron chi connectivity index (χ0n) is 31.5. The van der Waals surface area contributed by atoms with Gasteiger partial charge in [-0.3, -0.25) is 0 Å². The lowest BCUT2D eigenvalue weighted by atomic mass is 9.70. The van der Waals surface area contributed by atoms with Crippen LogP contribution in [0.5, 0.6) is 23.0 Å². The fourth-order valence-electron chi connectivity index (χ4n) is 9.79. The van der Waals surface area contributed by atoms with E-state index in [1.54, 1.807) is 0 Å². The lowest BCUT2D eigenvalue weighted by molar-refractivity contribution is 0.361. The van der Waals surface area contributed by atoms with Crippen molar-refractivity contribution < 1.29 is 9.47 Å². The minimum atomic E-state index is -0.486. The van der Waals surface area contributed by atoms with Crippen molar-refractivity contribution in [1.82, 2.24) is 0 Å². The van der Waals surface area contributed by atoms with Crippen LogP contribution in [0.2, 0.25) is 0 Å². The van der Waals surface area contributed by atoms with Gasteiger partial charge in [0, 0.05) is 16.8 Å². The number of hydrogen-bond donors (Lipinski definition) is 0. The number of ether oxygens (including phenoxy) is 2. The van der Waals surface area contributed by atoms with E-state index in [4.69, 9.17) is 9.47 Å². The van der Waals surface area contributed by atoms with Crippen molar-refractivity contribution in [2.45, 2.75) is 5.41 Å². The van der Waals surface area contributed by atoms with Crippen LogP contribution in [0.4, 0.5) is 17.1 Å². The van der Waals surface area contributed by atoms with Gasteiger partial charge in [0.2, 0.25) is 0 Å². The Morgan fingerprint density at radius 3 is 1.60 bits per heavy atom. The van der Waals surface area contributed by atoms with Crippen LogP contribution in [0.3, 0.4) is 0 Å². The van der Waals surface area contributed by atoms with Crippen LogP contribution in [0.1, 0.15) is 22.3 Å². The molecule has 2 aliphatic carbocycles. The Labute approximate surface area is 337 Å². The van der Waals surface area contributed by atoms with Crippen LogP contribution in [0.25, 0.3) is 44.5 Å². The Balaban J connectivity index is 1.05. The minimum absolute atomic E-state index is 0.486. The highest BCUT2D eigenvalue weighted by Crippen LogP contribution is 2.67. The highest BCUT2D eigenvalue weighted by atomic mass is 16.6. The van der Waals surface area contributed by atoms with Gasteiger partial charge in [-0.2, -0.15) is 0 Å². The highest BCUT2D eigenvalue weighted by Gasteiger charge is 2.53. The third-order valence-corrected chi connectivity index (χ3v) is 12.1. The first kappa shape index (κ1) is 32.6. The number of hydrogen-bond acceptors (Lipinski definition) is 3. The van der Waals surface area contributed by atoms with Crippen LogP contribution in [-0.4, -0.2) is 0 Å². The Morgan fingerprint density at radius 2 is 0.862 bits per heavy atom. The second-order valence-corrected chi connectivity index (χ2v) is 15.1. The average molecular weight is 742 g/mol. The van der Waals surface area contributed by atoms with Gasteiger partial charge in [0.15, 0.2) is 23.0 Å². The topological polar surface area (TPSA) is 21.7 Å². The van der Waals surface area contributed by atoms with Crippen molar-refractivity contribution in [2.75, 3.05) is 4.90 Å². The highest BCUT2D eigenvalue weighted by molar-refractivity contribution is 5.98. The van der Waals surface area contributed by atoms with Crippen LogP contribution >= 0.6 is 0 Å². The molecule has 1 spiro atoms. The third kappa shape index (κ3) is 4.62. The molecule has 0 amide bonds. The average Bonchev–Trinajstić information content (AvgIpc) is 3.77. The number of nitrogens with zero attached hydrogens (tertiary/aromatic N) is 1. The van der Waals surface area contributed by atoms with Crippen molar-refractivity contribution in [3.63, 3.8) is 0 Å². The molecular weight excluding hydrogens is 707 g/mol. The first-order valence-electron chi connectivity index (χ1n) is 19.8. The summed E-state index contributed by atoms with van der Waals surface area (Å²) < 4.78 is 14.3. The van der Waals surface area contributed by atoms with Gasteiger partial charge in [0.05, 0.1) is 16.8 Å². The van der Waals surface area contributed by atoms with Crippen molar-refractivity contribution in [3.05, 3.63) is 235 Å². The second kappa shape index (κ2) is 12.7. The van der Waals surface area contributed by atoms with E-state index in [1.807, 2.05) is 6.07 Å². The zero-order chi connectivity index (χ0) is 38.2. The summed E-state index contributed by atoms with van der Waals surface area (Å²) in [5.74, 6) is 2.79. The van der Waals surface area contributed by atoms with Crippen LogP contribution < -0.4 is 14.4 Å². The number of fused-ring (bicyclic) bond motifs is 13. The zero-order valence-corrected chi connectivity index (χ0v) is 31.5. The van der Waals surface area contributed by atoms with Crippen molar-refractivity contribution in [1.29, 1.82) is 0 Å². The fourth-order valence-corrected chi connectivity index (χ4v) is 9.79. The van der Waals surface area contributed by atoms with E-state index in [-0.39, 0.29) is 0 Å². The molecule has 3 heteroatoms. The smallest absolute Gasteiger partial charge is 0.194 e. The van der Waals surface area contributed by atoms with Gasteiger partial charge in [-0.1, -0.05) is 170 Å². The molecular formula is C55H35NO2. The monoisotopic (exact) mass is 741 g/mol. The molecule has 3 nitrogen and oxygen atoms in total. The molecule has 0 bridgehead atoms. The molecule has 0 saturated heterocycles. The summed E-state index contributed by atoms with van der Waals surface area (Å²) >= 11 is 0. The quantitative estimate of drug-likeness (QED) is 0.175. The summed E-state index contributed by atoms with van der Waals surface area (Å²) in [6.45, 7) is 0.